The second-order valence-electron chi connectivity index (χ2n) is 3.22. The quantitative estimate of drug-likeness (QED) is 0.594. The molecule has 0 aliphatic carbocycles. The molecule has 0 N–H and O–H groups in total. The third kappa shape index (κ3) is 1.29. The molecule has 0 fully saturated rings. The van der Waals surface area contributed by atoms with Crippen molar-refractivity contribution in [2.45, 2.75) is 0 Å². The predicted octanol–water partition coefficient (Wildman–Crippen LogP) is 2.22. The van der Waals surface area contributed by atoms with Crippen LogP contribution in [-0.4, -0.2) is 14.5 Å². The molecule has 0 bridgehead atoms. The molecule has 0 amide bonds. The van der Waals surface area contributed by atoms with E-state index in [-0.39, 0.29) is 0 Å². The maximum absolute atomic E-state index is 4.30. The number of pyridine rings is 1. The van der Waals surface area contributed by atoms with Crippen LogP contribution in [0.5, 0.6) is 0 Å². The summed E-state index contributed by atoms with van der Waals surface area (Å²) in [7, 11) is 0. The van der Waals surface area contributed by atoms with Crippen LogP contribution in [0, 0.1) is 6.07 Å². The van der Waals surface area contributed by atoms with Crippen molar-refractivity contribution in [3.63, 3.8) is 0 Å². The largest absolute Gasteiger partial charge is 0.283 e. The van der Waals surface area contributed by atoms with Crippen molar-refractivity contribution < 1.29 is 0 Å². The number of nitrogens with zero attached hydrogens (tertiary/aromatic N) is 3. The van der Waals surface area contributed by atoms with Crippen molar-refractivity contribution in [3.05, 3.63) is 55.0 Å². The SMILES string of the molecule is [c]1ccnc(-n2cnc3ccccc32)c1. The van der Waals surface area contributed by atoms with E-state index in [2.05, 4.69) is 16.0 Å². The minimum Gasteiger partial charge on any atom is -0.283 e. The van der Waals surface area contributed by atoms with Crippen molar-refractivity contribution in [2.75, 3.05) is 0 Å². The van der Waals surface area contributed by atoms with E-state index in [1.165, 1.54) is 0 Å². The van der Waals surface area contributed by atoms with E-state index in [9.17, 15) is 0 Å². The van der Waals surface area contributed by atoms with Crippen molar-refractivity contribution in [1.29, 1.82) is 0 Å². The van der Waals surface area contributed by atoms with Crippen molar-refractivity contribution in [1.82, 2.24) is 14.5 Å². The van der Waals surface area contributed by atoms with E-state index in [1.807, 2.05) is 34.9 Å². The number of benzene rings is 1. The Morgan fingerprint density at radius 2 is 2.07 bits per heavy atom. The summed E-state index contributed by atoms with van der Waals surface area (Å²) in [5.41, 5.74) is 2.03. The van der Waals surface area contributed by atoms with Gasteiger partial charge in [0.25, 0.3) is 0 Å². The summed E-state index contributed by atoms with van der Waals surface area (Å²) in [6.45, 7) is 0. The van der Waals surface area contributed by atoms with Gasteiger partial charge in [-0.1, -0.05) is 12.1 Å². The van der Waals surface area contributed by atoms with Gasteiger partial charge >= 0.3 is 0 Å². The van der Waals surface area contributed by atoms with Gasteiger partial charge in [-0.3, -0.25) is 4.57 Å². The average Bonchev–Trinajstić information content (AvgIpc) is 2.74. The molecule has 0 atom stereocenters. The highest BCUT2D eigenvalue weighted by Gasteiger charge is 2.02. The first-order valence-corrected chi connectivity index (χ1v) is 4.70. The molecule has 3 aromatic rings. The third-order valence-electron chi connectivity index (χ3n) is 2.29. The molecule has 1 aromatic carbocycles. The van der Waals surface area contributed by atoms with Gasteiger partial charge in [0.1, 0.15) is 12.1 Å². The van der Waals surface area contributed by atoms with E-state index < -0.39 is 0 Å². The van der Waals surface area contributed by atoms with Gasteiger partial charge in [-0.25, -0.2) is 9.97 Å². The highest BCUT2D eigenvalue weighted by atomic mass is 15.1. The summed E-state index contributed by atoms with van der Waals surface area (Å²) >= 11 is 0. The molecule has 3 rings (SSSR count). The Kier molecular flexibility index (Phi) is 1.75. The average molecular weight is 194 g/mol. The molecule has 2 heterocycles. The first kappa shape index (κ1) is 8.17. The zero-order valence-electron chi connectivity index (χ0n) is 7.96. The molecule has 0 saturated heterocycles. The molecule has 0 aliphatic rings. The van der Waals surface area contributed by atoms with Gasteiger partial charge < -0.3 is 0 Å². The van der Waals surface area contributed by atoms with Gasteiger partial charge in [-0.05, 0) is 30.3 Å². The van der Waals surface area contributed by atoms with E-state index in [0.29, 0.717) is 0 Å². The molecular weight excluding hydrogens is 186 g/mol. The fraction of sp³-hybridized carbons (Fsp3) is 0. The smallest absolute Gasteiger partial charge is 0.138 e. The molecule has 1 radical (unpaired) electrons. The highest BCUT2D eigenvalue weighted by molar-refractivity contribution is 5.76. The van der Waals surface area contributed by atoms with Crippen LogP contribution in [0.25, 0.3) is 16.9 Å². The highest BCUT2D eigenvalue weighted by Crippen LogP contribution is 2.15. The molecular formula is C12H8N3. The van der Waals surface area contributed by atoms with Crippen LogP contribution in [0.4, 0.5) is 0 Å². The fourth-order valence-electron chi connectivity index (χ4n) is 1.59. The van der Waals surface area contributed by atoms with Crippen LogP contribution in [-0.2, 0) is 0 Å². The van der Waals surface area contributed by atoms with Crippen LogP contribution >= 0.6 is 0 Å². The topological polar surface area (TPSA) is 30.7 Å². The molecule has 0 aliphatic heterocycles. The maximum atomic E-state index is 4.30. The summed E-state index contributed by atoms with van der Waals surface area (Å²) in [6, 6.07) is 14.6. The number of para-hydroxylation sites is 2. The van der Waals surface area contributed by atoms with Gasteiger partial charge in [0.2, 0.25) is 0 Å². The van der Waals surface area contributed by atoms with Gasteiger partial charge in [0.15, 0.2) is 0 Å². The van der Waals surface area contributed by atoms with Gasteiger partial charge in [-0.2, -0.15) is 0 Å². The summed E-state index contributed by atoms with van der Waals surface area (Å²) in [5.74, 6) is 0.839. The third-order valence-corrected chi connectivity index (χ3v) is 2.29. The molecule has 71 valence electrons. The number of rotatable bonds is 1. The molecule has 3 nitrogen and oxygen atoms in total. The molecule has 15 heavy (non-hydrogen) atoms. The Bertz CT molecular complexity index is 584. The number of hydrogen-bond donors (Lipinski definition) is 0. The van der Waals surface area contributed by atoms with Gasteiger partial charge in [0, 0.05) is 6.20 Å². The van der Waals surface area contributed by atoms with E-state index in [4.69, 9.17) is 0 Å². The first-order chi connectivity index (χ1) is 7.45. The van der Waals surface area contributed by atoms with Gasteiger partial charge in [0.05, 0.1) is 11.0 Å². The Balaban J connectivity index is 2.28. The number of fused-ring (bicyclic) bond motifs is 1. The van der Waals surface area contributed by atoms with Crippen LogP contribution < -0.4 is 0 Å². The van der Waals surface area contributed by atoms with Crippen molar-refractivity contribution >= 4 is 11.0 Å². The van der Waals surface area contributed by atoms with Crippen LogP contribution in [0.1, 0.15) is 0 Å². The molecule has 2 aromatic heterocycles. The monoisotopic (exact) mass is 194 g/mol. The summed E-state index contributed by atoms with van der Waals surface area (Å²) < 4.78 is 1.95. The Morgan fingerprint density at radius 3 is 2.93 bits per heavy atom. The summed E-state index contributed by atoms with van der Waals surface area (Å²) in [5, 5.41) is 0. The zero-order chi connectivity index (χ0) is 10.1. The Morgan fingerprint density at radius 1 is 1.13 bits per heavy atom. The minimum atomic E-state index is 0.839. The minimum absolute atomic E-state index is 0.839. The van der Waals surface area contributed by atoms with Crippen molar-refractivity contribution in [3.8, 4) is 5.82 Å². The number of imidazole rings is 1. The lowest BCUT2D eigenvalue weighted by Crippen LogP contribution is -1.94. The van der Waals surface area contributed by atoms with E-state index in [0.717, 1.165) is 16.9 Å². The van der Waals surface area contributed by atoms with Gasteiger partial charge in [-0.15, -0.1) is 0 Å². The zero-order valence-corrected chi connectivity index (χ0v) is 7.96. The van der Waals surface area contributed by atoms with E-state index in [1.54, 1.807) is 18.6 Å². The summed E-state index contributed by atoms with van der Waals surface area (Å²) in [6.07, 6.45) is 3.50. The van der Waals surface area contributed by atoms with Crippen LogP contribution in [0.2, 0.25) is 0 Å². The Labute approximate surface area is 87.0 Å². The lowest BCUT2D eigenvalue weighted by atomic mass is 10.3. The predicted molar refractivity (Wildman–Crippen MR) is 57.7 cm³/mol. The standard InChI is InChI=1S/C12H8N3/c1-2-6-11-10(5-1)14-9-15(11)12-7-3-4-8-13-12/h1-2,4-9H. The van der Waals surface area contributed by atoms with E-state index >= 15 is 0 Å². The fourth-order valence-corrected chi connectivity index (χ4v) is 1.59. The second-order valence-corrected chi connectivity index (χ2v) is 3.22. The Hall–Kier alpha value is -2.16. The molecule has 0 saturated carbocycles. The summed E-state index contributed by atoms with van der Waals surface area (Å²) in [4.78, 5) is 8.57. The molecule has 3 heteroatoms. The lowest BCUT2D eigenvalue weighted by molar-refractivity contribution is 1.02. The normalized spacial score (nSPS) is 10.7. The first-order valence-electron chi connectivity index (χ1n) is 4.70. The van der Waals surface area contributed by atoms with Crippen LogP contribution in [0.3, 0.4) is 0 Å². The second kappa shape index (κ2) is 3.20. The van der Waals surface area contributed by atoms with Crippen molar-refractivity contribution in [2.24, 2.45) is 0 Å². The number of aromatic nitrogens is 3. The molecule has 0 unspecified atom stereocenters. The van der Waals surface area contributed by atoms with Crippen LogP contribution in [0.15, 0.2) is 48.9 Å². The molecule has 0 spiro atoms. The number of hydrogen-bond acceptors (Lipinski definition) is 2. The lowest BCUT2D eigenvalue weighted by Gasteiger charge is -2.01. The maximum Gasteiger partial charge on any atom is 0.138 e.